The summed E-state index contributed by atoms with van der Waals surface area (Å²) >= 11 is 3.61. The molecule has 0 fully saturated rings. The quantitative estimate of drug-likeness (QED) is 0.364. The van der Waals surface area contributed by atoms with Gasteiger partial charge in [0.2, 0.25) is 0 Å². The van der Waals surface area contributed by atoms with Gasteiger partial charge in [0.1, 0.15) is 5.82 Å². The van der Waals surface area contributed by atoms with E-state index in [2.05, 4.69) is 66.9 Å². The number of aromatic nitrogens is 3. The van der Waals surface area contributed by atoms with Gasteiger partial charge in [0.25, 0.3) is 0 Å². The van der Waals surface area contributed by atoms with E-state index in [9.17, 15) is 0 Å². The lowest BCUT2D eigenvalue weighted by molar-refractivity contribution is 1.08. The van der Waals surface area contributed by atoms with Crippen LogP contribution in [-0.4, -0.2) is 14.5 Å². The molecule has 0 bridgehead atoms. The van der Waals surface area contributed by atoms with Crippen molar-refractivity contribution < 1.29 is 0 Å². The second kappa shape index (κ2) is 6.07. The van der Waals surface area contributed by atoms with E-state index in [0.717, 1.165) is 32.6 Å². The van der Waals surface area contributed by atoms with Gasteiger partial charge in [0.15, 0.2) is 0 Å². The minimum atomic E-state index is 0.917. The molecular weight excluding hydrogens is 386 g/mol. The molecule has 0 saturated carbocycles. The van der Waals surface area contributed by atoms with Gasteiger partial charge in [-0.05, 0) is 54.6 Å². The molecule has 0 amide bonds. The van der Waals surface area contributed by atoms with Gasteiger partial charge in [-0.15, -0.1) is 0 Å². The summed E-state index contributed by atoms with van der Waals surface area (Å²) in [6, 6.07) is 24.8. The Hall–Kier alpha value is -2.98. The smallest absolute Gasteiger partial charge is 0.137 e. The van der Waals surface area contributed by atoms with Crippen LogP contribution in [0, 0.1) is 0 Å². The van der Waals surface area contributed by atoms with E-state index < -0.39 is 0 Å². The highest BCUT2D eigenvalue weighted by atomic mass is 79.9. The van der Waals surface area contributed by atoms with Crippen LogP contribution in [0.2, 0.25) is 0 Å². The average Bonchev–Trinajstić information content (AvgIpc) is 3.02. The van der Waals surface area contributed by atoms with E-state index in [0.29, 0.717) is 0 Å². The van der Waals surface area contributed by atoms with Gasteiger partial charge in [-0.3, -0.25) is 9.55 Å². The molecule has 0 radical (unpaired) electrons. The van der Waals surface area contributed by atoms with Crippen molar-refractivity contribution in [1.29, 1.82) is 0 Å². The summed E-state index contributed by atoms with van der Waals surface area (Å²) in [7, 11) is 0. The zero-order chi connectivity index (χ0) is 17.5. The summed E-state index contributed by atoms with van der Waals surface area (Å²) in [4.78, 5) is 9.05. The molecule has 0 N–H and O–H groups in total. The van der Waals surface area contributed by atoms with E-state index >= 15 is 0 Å². The molecule has 124 valence electrons. The monoisotopic (exact) mass is 399 g/mol. The molecule has 5 aromatic rings. The van der Waals surface area contributed by atoms with E-state index in [4.69, 9.17) is 0 Å². The number of hydrogen-bond donors (Lipinski definition) is 0. The summed E-state index contributed by atoms with van der Waals surface area (Å²) in [6.07, 6.45) is 3.65. The molecule has 5 rings (SSSR count). The molecule has 3 aromatic heterocycles. The lowest BCUT2D eigenvalue weighted by Gasteiger charge is -2.06. The Labute approximate surface area is 159 Å². The minimum absolute atomic E-state index is 0.917. The largest absolute Gasteiger partial charge is 0.294 e. The number of pyridine rings is 2. The van der Waals surface area contributed by atoms with Crippen LogP contribution in [-0.2, 0) is 0 Å². The fourth-order valence-corrected chi connectivity index (χ4v) is 3.78. The first kappa shape index (κ1) is 15.3. The highest BCUT2D eigenvalue weighted by Crippen LogP contribution is 2.35. The number of hydrogen-bond acceptors (Lipinski definition) is 2. The molecule has 0 aliphatic rings. The van der Waals surface area contributed by atoms with Crippen LogP contribution in [0.5, 0.6) is 0 Å². The fraction of sp³-hybridized carbons (Fsp3) is 0. The minimum Gasteiger partial charge on any atom is -0.294 e. The number of benzene rings is 2. The first-order valence-electron chi connectivity index (χ1n) is 8.38. The van der Waals surface area contributed by atoms with Crippen molar-refractivity contribution in [3.05, 3.63) is 89.7 Å². The molecule has 0 saturated heterocycles. The summed E-state index contributed by atoms with van der Waals surface area (Å²) in [6.45, 7) is 0. The van der Waals surface area contributed by atoms with E-state index in [1.165, 1.54) is 10.8 Å². The third-order valence-electron chi connectivity index (χ3n) is 4.57. The maximum Gasteiger partial charge on any atom is 0.137 e. The Bertz CT molecular complexity index is 1230. The Balaban J connectivity index is 1.87. The van der Waals surface area contributed by atoms with Crippen molar-refractivity contribution in [2.45, 2.75) is 0 Å². The lowest BCUT2D eigenvalue weighted by atomic mass is 10.1. The average molecular weight is 400 g/mol. The molecule has 0 atom stereocenters. The van der Waals surface area contributed by atoms with Crippen molar-refractivity contribution in [3.8, 4) is 17.1 Å². The molecule has 0 unspecified atom stereocenters. The van der Waals surface area contributed by atoms with E-state index in [1.807, 2.05) is 48.8 Å². The van der Waals surface area contributed by atoms with Gasteiger partial charge in [-0.2, -0.15) is 0 Å². The molecule has 2 aromatic carbocycles. The Morgan fingerprint density at radius 1 is 0.692 bits per heavy atom. The molecular formula is C22H14BrN3. The first-order chi connectivity index (χ1) is 12.8. The second-order valence-corrected chi connectivity index (χ2v) is 7.05. The van der Waals surface area contributed by atoms with Crippen molar-refractivity contribution >= 4 is 37.7 Å². The first-order valence-corrected chi connectivity index (χ1v) is 9.17. The zero-order valence-corrected chi connectivity index (χ0v) is 15.4. The normalized spacial score (nSPS) is 11.3. The van der Waals surface area contributed by atoms with E-state index in [1.54, 1.807) is 0 Å². The summed E-state index contributed by atoms with van der Waals surface area (Å²) in [5.74, 6) is 0.917. The summed E-state index contributed by atoms with van der Waals surface area (Å²) in [5, 5.41) is 2.38. The Kier molecular flexibility index (Phi) is 3.57. The van der Waals surface area contributed by atoms with Crippen LogP contribution in [0.4, 0.5) is 0 Å². The standard InChI is InChI=1S/C22H14BrN3/c23-16-8-10-21-18(14-16)17-13-15(19-5-1-3-11-24-19)7-9-20(17)26(21)22-6-2-4-12-25-22/h1-14H. The maximum atomic E-state index is 4.56. The van der Waals surface area contributed by atoms with Crippen LogP contribution < -0.4 is 0 Å². The maximum absolute atomic E-state index is 4.56. The van der Waals surface area contributed by atoms with Gasteiger partial charge in [0, 0.05) is 33.2 Å². The topological polar surface area (TPSA) is 30.7 Å². The SMILES string of the molecule is Brc1ccc2c(c1)c1cc(-c3ccccn3)ccc1n2-c1ccccn1. The molecule has 26 heavy (non-hydrogen) atoms. The van der Waals surface area contributed by atoms with Gasteiger partial charge in [-0.25, -0.2) is 4.98 Å². The predicted octanol–water partition coefficient (Wildman–Crippen LogP) is 6.00. The van der Waals surface area contributed by atoms with Crippen molar-refractivity contribution in [2.75, 3.05) is 0 Å². The van der Waals surface area contributed by atoms with Gasteiger partial charge < -0.3 is 0 Å². The Morgan fingerprint density at radius 3 is 2.15 bits per heavy atom. The second-order valence-electron chi connectivity index (χ2n) is 6.13. The van der Waals surface area contributed by atoms with Crippen LogP contribution in [0.15, 0.2) is 89.7 Å². The number of halogens is 1. The van der Waals surface area contributed by atoms with Crippen LogP contribution >= 0.6 is 15.9 Å². The third-order valence-corrected chi connectivity index (χ3v) is 5.06. The highest BCUT2D eigenvalue weighted by molar-refractivity contribution is 9.10. The molecule has 3 nitrogen and oxygen atoms in total. The molecule has 0 aliphatic carbocycles. The highest BCUT2D eigenvalue weighted by Gasteiger charge is 2.14. The van der Waals surface area contributed by atoms with Crippen molar-refractivity contribution in [1.82, 2.24) is 14.5 Å². The summed E-state index contributed by atoms with van der Waals surface area (Å²) in [5.41, 5.74) is 4.36. The third kappa shape index (κ3) is 2.42. The van der Waals surface area contributed by atoms with Crippen molar-refractivity contribution in [3.63, 3.8) is 0 Å². The molecule has 0 aliphatic heterocycles. The number of nitrogens with zero attached hydrogens (tertiary/aromatic N) is 3. The number of rotatable bonds is 2. The predicted molar refractivity (Wildman–Crippen MR) is 110 cm³/mol. The van der Waals surface area contributed by atoms with Crippen LogP contribution in [0.25, 0.3) is 38.9 Å². The number of fused-ring (bicyclic) bond motifs is 3. The molecule has 0 spiro atoms. The van der Waals surface area contributed by atoms with Crippen LogP contribution in [0.1, 0.15) is 0 Å². The van der Waals surface area contributed by atoms with Gasteiger partial charge >= 0.3 is 0 Å². The van der Waals surface area contributed by atoms with Gasteiger partial charge in [0.05, 0.1) is 16.7 Å². The molecule has 4 heteroatoms. The lowest BCUT2D eigenvalue weighted by Crippen LogP contribution is -1.96. The fourth-order valence-electron chi connectivity index (χ4n) is 3.42. The summed E-state index contributed by atoms with van der Waals surface area (Å²) < 4.78 is 3.27. The van der Waals surface area contributed by atoms with E-state index in [-0.39, 0.29) is 0 Å². The van der Waals surface area contributed by atoms with Gasteiger partial charge in [-0.1, -0.05) is 34.1 Å². The van der Waals surface area contributed by atoms with Crippen LogP contribution in [0.3, 0.4) is 0 Å². The Morgan fingerprint density at radius 2 is 1.42 bits per heavy atom. The molecule has 3 heterocycles. The zero-order valence-electron chi connectivity index (χ0n) is 13.8. The van der Waals surface area contributed by atoms with Crippen molar-refractivity contribution in [2.24, 2.45) is 0 Å².